The van der Waals surface area contributed by atoms with E-state index in [0.29, 0.717) is 18.0 Å². The lowest BCUT2D eigenvalue weighted by molar-refractivity contribution is 0.0694. The first-order valence-corrected chi connectivity index (χ1v) is 17.7. The second-order valence-corrected chi connectivity index (χ2v) is 13.3. The van der Waals surface area contributed by atoms with E-state index in [4.69, 9.17) is 4.98 Å². The quantitative estimate of drug-likeness (QED) is 0.170. The average Bonchev–Trinajstić information content (AvgIpc) is 3.20. The van der Waals surface area contributed by atoms with Crippen LogP contribution in [0.4, 0.5) is 0 Å². The molecule has 4 nitrogen and oxygen atoms in total. The highest BCUT2D eigenvalue weighted by molar-refractivity contribution is 5.81. The Balaban J connectivity index is 1.32. The lowest BCUT2D eigenvalue weighted by Crippen LogP contribution is -2.36. The highest BCUT2D eigenvalue weighted by Crippen LogP contribution is 2.51. The van der Waals surface area contributed by atoms with Crippen molar-refractivity contribution in [3.05, 3.63) is 187 Å². The Labute approximate surface area is 300 Å². The second-order valence-electron chi connectivity index (χ2n) is 13.3. The number of hydrogen-bond acceptors (Lipinski definition) is 4. The highest BCUT2D eigenvalue weighted by atomic mass is 16.3. The van der Waals surface area contributed by atoms with Crippen molar-refractivity contribution in [2.45, 2.75) is 37.9 Å². The maximum Gasteiger partial charge on any atom is 0.128 e. The Morgan fingerprint density at radius 2 is 0.882 bits per heavy atom. The number of aromatic nitrogens is 1. The van der Waals surface area contributed by atoms with Gasteiger partial charge in [-0.1, -0.05) is 127 Å². The maximum absolute atomic E-state index is 12.3. The van der Waals surface area contributed by atoms with Crippen LogP contribution in [0.25, 0.3) is 44.5 Å². The zero-order chi connectivity index (χ0) is 34.6. The summed E-state index contributed by atoms with van der Waals surface area (Å²) < 4.78 is 0. The number of hydrogen-bond donors (Lipinski definition) is 2. The first-order chi connectivity index (χ1) is 25.1. The third-order valence-electron chi connectivity index (χ3n) is 10.2. The summed E-state index contributed by atoms with van der Waals surface area (Å²) in [6.45, 7) is 0.557. The minimum absolute atomic E-state index is 0.142. The fraction of sp³-hybridized carbons (Fsp3) is 0.128. The molecule has 0 aliphatic carbocycles. The Bertz CT molecular complexity index is 2080. The fourth-order valence-corrected chi connectivity index (χ4v) is 7.71. The van der Waals surface area contributed by atoms with Crippen molar-refractivity contribution in [2.24, 2.45) is 0 Å². The van der Waals surface area contributed by atoms with Crippen LogP contribution in [0.3, 0.4) is 0 Å². The first-order valence-electron chi connectivity index (χ1n) is 17.7. The minimum Gasteiger partial charge on any atom is -0.507 e. The standard InChI is InChI=1S/C47H40N2O2/c50-46-40(35-20-9-3-10-21-35)28-37(33-16-5-1-6-17-33)30-42(46)44-25-15-26-45(49(44)32-39-24-13-14-27-48-39)43-31-38(34-18-7-2-8-19-34)29-41(47(43)51)36-22-11-4-12-23-36/h1-14,16-24,27-31,44-45,50-51H,15,25-26,32H2/t44-,45-/m1/s1. The van der Waals surface area contributed by atoms with Crippen LogP contribution in [0.15, 0.2) is 170 Å². The summed E-state index contributed by atoms with van der Waals surface area (Å²) >= 11 is 0. The molecular formula is C47H40N2O2. The molecule has 1 aliphatic rings. The maximum atomic E-state index is 12.3. The van der Waals surface area contributed by atoms with Gasteiger partial charge in [-0.25, -0.2) is 0 Å². The van der Waals surface area contributed by atoms with Crippen molar-refractivity contribution in [3.63, 3.8) is 0 Å². The molecule has 51 heavy (non-hydrogen) atoms. The Morgan fingerprint density at radius 3 is 1.29 bits per heavy atom. The van der Waals surface area contributed by atoms with Gasteiger partial charge in [0.2, 0.25) is 0 Å². The largest absolute Gasteiger partial charge is 0.507 e. The Morgan fingerprint density at radius 1 is 0.471 bits per heavy atom. The first kappa shape index (κ1) is 32.2. The molecule has 6 aromatic carbocycles. The predicted octanol–water partition coefficient (Wildman–Crippen LogP) is 11.6. The summed E-state index contributed by atoms with van der Waals surface area (Å²) in [6, 6.07) is 55.4. The van der Waals surface area contributed by atoms with Crippen molar-refractivity contribution in [2.75, 3.05) is 0 Å². The highest BCUT2D eigenvalue weighted by Gasteiger charge is 2.37. The molecular weight excluding hydrogens is 625 g/mol. The van der Waals surface area contributed by atoms with Gasteiger partial charge in [0.25, 0.3) is 0 Å². The van der Waals surface area contributed by atoms with E-state index in [0.717, 1.165) is 80.6 Å². The summed E-state index contributed by atoms with van der Waals surface area (Å²) in [6.07, 6.45) is 4.48. The van der Waals surface area contributed by atoms with Gasteiger partial charge in [-0.3, -0.25) is 9.88 Å². The molecule has 2 heterocycles. The SMILES string of the molecule is Oc1c(-c2ccccc2)cc(-c2ccccc2)cc1[C@H]1CCC[C@H](c2cc(-c3ccccc3)cc(-c3ccccc3)c2O)N1Cc1ccccn1. The van der Waals surface area contributed by atoms with Crippen LogP contribution in [0, 0.1) is 0 Å². The van der Waals surface area contributed by atoms with E-state index in [1.807, 2.05) is 66.9 Å². The van der Waals surface area contributed by atoms with Crippen molar-refractivity contribution < 1.29 is 10.2 Å². The molecule has 2 atom stereocenters. The molecule has 8 rings (SSSR count). The predicted molar refractivity (Wildman–Crippen MR) is 207 cm³/mol. The van der Waals surface area contributed by atoms with E-state index in [9.17, 15) is 10.2 Å². The van der Waals surface area contributed by atoms with Crippen LogP contribution >= 0.6 is 0 Å². The Kier molecular flexibility index (Phi) is 9.16. The number of phenolic OH excluding ortho intramolecular Hbond substituents is 2. The van der Waals surface area contributed by atoms with Crippen molar-refractivity contribution in [3.8, 4) is 56.0 Å². The van der Waals surface area contributed by atoms with Crippen LogP contribution in [-0.2, 0) is 6.54 Å². The van der Waals surface area contributed by atoms with E-state index in [1.165, 1.54) is 0 Å². The zero-order valence-corrected chi connectivity index (χ0v) is 28.4. The lowest BCUT2D eigenvalue weighted by Gasteiger charge is -2.43. The van der Waals surface area contributed by atoms with E-state index in [2.05, 4.69) is 108 Å². The molecule has 0 bridgehead atoms. The number of pyridine rings is 1. The van der Waals surface area contributed by atoms with Crippen molar-refractivity contribution in [1.82, 2.24) is 9.88 Å². The third kappa shape index (κ3) is 6.66. The normalized spacial score (nSPS) is 16.2. The average molecular weight is 665 g/mol. The van der Waals surface area contributed by atoms with Crippen LogP contribution in [0.5, 0.6) is 11.5 Å². The van der Waals surface area contributed by atoms with E-state index in [1.54, 1.807) is 0 Å². The monoisotopic (exact) mass is 664 g/mol. The minimum atomic E-state index is -0.142. The lowest BCUT2D eigenvalue weighted by atomic mass is 9.83. The topological polar surface area (TPSA) is 56.6 Å². The van der Waals surface area contributed by atoms with Crippen LogP contribution in [-0.4, -0.2) is 20.1 Å². The summed E-state index contributed by atoms with van der Waals surface area (Å²) in [7, 11) is 0. The molecule has 250 valence electrons. The second kappa shape index (κ2) is 14.5. The fourth-order valence-electron chi connectivity index (χ4n) is 7.71. The molecule has 1 saturated heterocycles. The summed E-state index contributed by atoms with van der Waals surface area (Å²) in [5.41, 5.74) is 10.6. The van der Waals surface area contributed by atoms with Gasteiger partial charge < -0.3 is 10.2 Å². The molecule has 4 heteroatoms. The van der Waals surface area contributed by atoms with Crippen LogP contribution < -0.4 is 0 Å². The molecule has 1 fully saturated rings. The van der Waals surface area contributed by atoms with Crippen LogP contribution in [0.1, 0.15) is 48.2 Å². The summed E-state index contributed by atoms with van der Waals surface area (Å²) in [4.78, 5) is 7.23. The van der Waals surface area contributed by atoms with Gasteiger partial charge in [-0.05, 0) is 89.0 Å². The van der Waals surface area contributed by atoms with E-state index in [-0.39, 0.29) is 12.1 Å². The number of aromatic hydroxyl groups is 2. The number of phenols is 2. The van der Waals surface area contributed by atoms with Gasteiger partial charge in [0.15, 0.2) is 0 Å². The van der Waals surface area contributed by atoms with Crippen molar-refractivity contribution in [1.29, 1.82) is 0 Å². The molecule has 0 amide bonds. The van der Waals surface area contributed by atoms with E-state index >= 15 is 0 Å². The van der Waals surface area contributed by atoms with Crippen molar-refractivity contribution >= 4 is 0 Å². The molecule has 0 spiro atoms. The molecule has 2 N–H and O–H groups in total. The summed E-state index contributed by atoms with van der Waals surface area (Å²) in [5, 5.41) is 24.5. The molecule has 0 saturated carbocycles. The number of likely N-dealkylation sites (tertiary alicyclic amines) is 1. The molecule has 7 aromatic rings. The van der Waals surface area contributed by atoms with Gasteiger partial charge in [-0.15, -0.1) is 0 Å². The Hall–Kier alpha value is -5.97. The van der Waals surface area contributed by atoms with Gasteiger partial charge in [0, 0.05) is 47.1 Å². The number of piperidine rings is 1. The van der Waals surface area contributed by atoms with E-state index < -0.39 is 0 Å². The van der Waals surface area contributed by atoms with Gasteiger partial charge in [0.05, 0.1) is 5.69 Å². The smallest absolute Gasteiger partial charge is 0.128 e. The molecule has 0 unspecified atom stereocenters. The van der Waals surface area contributed by atoms with Gasteiger partial charge in [-0.2, -0.15) is 0 Å². The summed E-state index contributed by atoms with van der Waals surface area (Å²) in [5.74, 6) is 0.592. The molecule has 1 aliphatic heterocycles. The molecule has 0 radical (unpaired) electrons. The number of benzene rings is 6. The zero-order valence-electron chi connectivity index (χ0n) is 28.4. The van der Waals surface area contributed by atoms with Gasteiger partial charge >= 0.3 is 0 Å². The number of nitrogens with zero attached hydrogens (tertiary/aromatic N) is 2. The van der Waals surface area contributed by atoms with Gasteiger partial charge in [0.1, 0.15) is 11.5 Å². The van der Waals surface area contributed by atoms with Crippen LogP contribution in [0.2, 0.25) is 0 Å². The molecule has 1 aromatic heterocycles. The third-order valence-corrected chi connectivity index (χ3v) is 10.2. The number of rotatable bonds is 8.